The Bertz CT molecular complexity index is 1140. The van der Waals surface area contributed by atoms with Gasteiger partial charge < -0.3 is 10.4 Å². The maximum absolute atomic E-state index is 13.7. The Labute approximate surface area is 227 Å². The van der Waals surface area contributed by atoms with Crippen molar-refractivity contribution in [3.8, 4) is 11.1 Å². The highest BCUT2D eigenvalue weighted by atomic mass is 16.3. The molecule has 1 amide bonds. The van der Waals surface area contributed by atoms with Gasteiger partial charge in [-0.05, 0) is 73.6 Å². The van der Waals surface area contributed by atoms with Crippen molar-refractivity contribution in [3.63, 3.8) is 0 Å². The Morgan fingerprint density at radius 3 is 2.05 bits per heavy atom. The third kappa shape index (κ3) is 7.64. The minimum absolute atomic E-state index is 0.0912. The van der Waals surface area contributed by atoms with Crippen molar-refractivity contribution >= 4 is 11.7 Å². The number of benzene rings is 3. The van der Waals surface area contributed by atoms with Crippen LogP contribution in [0, 0.1) is 17.8 Å². The summed E-state index contributed by atoms with van der Waals surface area (Å²) < 4.78 is 0. The number of hydrogen-bond acceptors (Lipinski definition) is 3. The first-order valence-electron chi connectivity index (χ1n) is 14.1. The van der Waals surface area contributed by atoms with E-state index in [1.807, 2.05) is 48.5 Å². The molecule has 0 aromatic heterocycles. The van der Waals surface area contributed by atoms with Gasteiger partial charge in [0.2, 0.25) is 5.91 Å². The van der Waals surface area contributed by atoms with Crippen molar-refractivity contribution in [2.24, 2.45) is 17.8 Å². The lowest BCUT2D eigenvalue weighted by atomic mass is 9.75. The summed E-state index contributed by atoms with van der Waals surface area (Å²) in [5.41, 5.74) is 4.70. The highest BCUT2D eigenvalue weighted by Gasteiger charge is 2.38. The van der Waals surface area contributed by atoms with Gasteiger partial charge in [-0.2, -0.15) is 0 Å². The minimum Gasteiger partial charge on any atom is -0.394 e. The third-order valence-electron chi connectivity index (χ3n) is 8.08. The molecule has 38 heavy (non-hydrogen) atoms. The zero-order valence-corrected chi connectivity index (χ0v) is 22.5. The molecule has 2 N–H and O–H groups in total. The molecule has 4 rings (SSSR count). The van der Waals surface area contributed by atoms with E-state index >= 15 is 0 Å². The number of aliphatic hydroxyl groups is 1. The second-order valence-corrected chi connectivity index (χ2v) is 10.8. The molecule has 3 aromatic carbocycles. The molecule has 200 valence electrons. The first kappa shape index (κ1) is 27.8. The van der Waals surface area contributed by atoms with Crippen LogP contribution in [0.15, 0.2) is 84.9 Å². The number of carbonyl (C=O) groups excluding carboxylic acids is 2. The molecular weight excluding hydrogens is 470 g/mol. The summed E-state index contributed by atoms with van der Waals surface area (Å²) in [6.07, 6.45) is 7.22. The van der Waals surface area contributed by atoms with Gasteiger partial charge in [0.15, 0.2) is 0 Å². The maximum Gasteiger partial charge on any atom is 0.224 e. The molecule has 1 aliphatic rings. The maximum atomic E-state index is 13.7. The van der Waals surface area contributed by atoms with Gasteiger partial charge in [0, 0.05) is 11.8 Å². The van der Waals surface area contributed by atoms with Crippen molar-refractivity contribution in [3.05, 3.63) is 96.1 Å². The zero-order valence-electron chi connectivity index (χ0n) is 22.5. The number of nitrogens with one attached hydrogen (secondary N) is 1. The fourth-order valence-corrected chi connectivity index (χ4v) is 6.12. The smallest absolute Gasteiger partial charge is 0.224 e. The Morgan fingerprint density at radius 2 is 1.45 bits per heavy atom. The van der Waals surface area contributed by atoms with Crippen LogP contribution in [0.1, 0.15) is 56.6 Å². The van der Waals surface area contributed by atoms with E-state index in [-0.39, 0.29) is 42.1 Å². The molecule has 0 aliphatic heterocycles. The second kappa shape index (κ2) is 14.1. The van der Waals surface area contributed by atoms with E-state index < -0.39 is 0 Å². The average Bonchev–Trinajstić information content (AvgIpc) is 3.47. The Morgan fingerprint density at radius 1 is 0.842 bits per heavy atom. The number of hydrogen-bond donors (Lipinski definition) is 2. The van der Waals surface area contributed by atoms with Crippen molar-refractivity contribution in [2.45, 2.75) is 64.3 Å². The summed E-state index contributed by atoms with van der Waals surface area (Å²) in [5.74, 6) is -0.326. The SMILES string of the molecule is CC(=O)C(C1CCCC1)C(CCCc1ccc(-c2ccccc2)cc1)C(=O)NC(CO)Cc1ccccc1. The van der Waals surface area contributed by atoms with Gasteiger partial charge in [0.1, 0.15) is 5.78 Å². The van der Waals surface area contributed by atoms with Crippen LogP contribution in [0.2, 0.25) is 0 Å². The highest BCUT2D eigenvalue weighted by Crippen LogP contribution is 2.38. The molecule has 1 fully saturated rings. The summed E-state index contributed by atoms with van der Waals surface area (Å²) in [5, 5.41) is 13.1. The Balaban J connectivity index is 1.43. The lowest BCUT2D eigenvalue weighted by Crippen LogP contribution is -2.46. The highest BCUT2D eigenvalue weighted by molar-refractivity contribution is 5.88. The topological polar surface area (TPSA) is 66.4 Å². The first-order chi connectivity index (χ1) is 18.5. The molecule has 1 saturated carbocycles. The predicted molar refractivity (Wildman–Crippen MR) is 154 cm³/mol. The molecule has 3 atom stereocenters. The van der Waals surface area contributed by atoms with E-state index in [9.17, 15) is 14.7 Å². The molecule has 4 heteroatoms. The molecular formula is C34H41NO3. The molecule has 0 radical (unpaired) electrons. The fourth-order valence-electron chi connectivity index (χ4n) is 6.12. The van der Waals surface area contributed by atoms with E-state index in [2.05, 4.69) is 41.7 Å². The second-order valence-electron chi connectivity index (χ2n) is 10.8. The van der Waals surface area contributed by atoms with Gasteiger partial charge in [-0.1, -0.05) is 97.8 Å². The van der Waals surface area contributed by atoms with Crippen LogP contribution in [-0.2, 0) is 22.4 Å². The van der Waals surface area contributed by atoms with Crippen molar-refractivity contribution in [2.75, 3.05) is 6.61 Å². The van der Waals surface area contributed by atoms with Gasteiger partial charge >= 0.3 is 0 Å². The molecule has 0 bridgehead atoms. The molecule has 0 spiro atoms. The van der Waals surface area contributed by atoms with Gasteiger partial charge in [-0.15, -0.1) is 0 Å². The summed E-state index contributed by atoms with van der Waals surface area (Å²) in [6, 6.07) is 28.5. The number of rotatable bonds is 13. The van der Waals surface area contributed by atoms with Gasteiger partial charge in [0.05, 0.1) is 12.6 Å². The minimum atomic E-state index is -0.371. The van der Waals surface area contributed by atoms with E-state index in [1.54, 1.807) is 6.92 Å². The van der Waals surface area contributed by atoms with E-state index in [0.29, 0.717) is 12.8 Å². The third-order valence-corrected chi connectivity index (χ3v) is 8.08. The van der Waals surface area contributed by atoms with E-state index in [0.717, 1.165) is 44.1 Å². The number of amides is 1. The van der Waals surface area contributed by atoms with Crippen molar-refractivity contribution < 1.29 is 14.7 Å². The first-order valence-corrected chi connectivity index (χ1v) is 14.1. The zero-order chi connectivity index (χ0) is 26.7. The number of carbonyl (C=O) groups is 2. The van der Waals surface area contributed by atoms with Crippen LogP contribution < -0.4 is 5.32 Å². The number of ketones is 1. The van der Waals surface area contributed by atoms with Crippen LogP contribution >= 0.6 is 0 Å². The van der Waals surface area contributed by atoms with Crippen LogP contribution in [0.3, 0.4) is 0 Å². The number of aryl methyl sites for hydroxylation is 1. The molecule has 1 aliphatic carbocycles. The Kier molecular flexibility index (Phi) is 10.3. The molecule has 4 nitrogen and oxygen atoms in total. The van der Waals surface area contributed by atoms with Crippen LogP contribution in [-0.4, -0.2) is 29.4 Å². The van der Waals surface area contributed by atoms with Gasteiger partial charge in [0.25, 0.3) is 0 Å². The summed E-state index contributed by atoms with van der Waals surface area (Å²) in [6.45, 7) is 1.52. The molecule has 3 unspecified atom stereocenters. The van der Waals surface area contributed by atoms with Gasteiger partial charge in [-0.3, -0.25) is 9.59 Å². The quantitative estimate of drug-likeness (QED) is 0.279. The van der Waals surface area contributed by atoms with Crippen LogP contribution in [0.25, 0.3) is 11.1 Å². The molecule has 0 heterocycles. The summed E-state index contributed by atoms with van der Waals surface area (Å²) >= 11 is 0. The largest absolute Gasteiger partial charge is 0.394 e. The summed E-state index contributed by atoms with van der Waals surface area (Å²) in [7, 11) is 0. The van der Waals surface area contributed by atoms with Gasteiger partial charge in [-0.25, -0.2) is 0 Å². The van der Waals surface area contributed by atoms with E-state index in [4.69, 9.17) is 0 Å². The van der Waals surface area contributed by atoms with Crippen LogP contribution in [0.4, 0.5) is 0 Å². The standard InChI is InChI=1S/C34H41NO3/c1-25(37)33(30-16-8-9-17-30)32(34(38)35-31(24-36)23-27-11-4-2-5-12-27)18-10-13-26-19-21-29(22-20-26)28-14-6-3-7-15-28/h2-7,11-12,14-15,19-22,30-33,36H,8-10,13,16-18,23-24H2,1H3,(H,35,38). The van der Waals surface area contributed by atoms with Crippen molar-refractivity contribution in [1.29, 1.82) is 0 Å². The molecule has 3 aromatic rings. The fraction of sp³-hybridized carbons (Fsp3) is 0.412. The lowest BCUT2D eigenvalue weighted by Gasteiger charge is -2.30. The van der Waals surface area contributed by atoms with Crippen molar-refractivity contribution in [1.82, 2.24) is 5.32 Å². The molecule has 0 saturated heterocycles. The monoisotopic (exact) mass is 511 g/mol. The lowest BCUT2D eigenvalue weighted by molar-refractivity contribution is -0.135. The van der Waals surface area contributed by atoms with E-state index in [1.165, 1.54) is 16.7 Å². The Hall–Kier alpha value is -3.24. The number of Topliss-reactive ketones (excluding diaryl/α,β-unsaturated/α-hetero) is 1. The number of aliphatic hydroxyl groups excluding tert-OH is 1. The average molecular weight is 512 g/mol. The summed E-state index contributed by atoms with van der Waals surface area (Å²) in [4.78, 5) is 26.6. The van der Waals surface area contributed by atoms with Crippen LogP contribution in [0.5, 0.6) is 0 Å². The predicted octanol–water partition coefficient (Wildman–Crippen LogP) is 6.41. The normalized spacial score (nSPS) is 16.1.